The summed E-state index contributed by atoms with van der Waals surface area (Å²) in [5.74, 6) is 0.154. The van der Waals surface area contributed by atoms with E-state index in [0.29, 0.717) is 37.6 Å². The molecule has 3 heterocycles. The van der Waals surface area contributed by atoms with Gasteiger partial charge in [0.1, 0.15) is 6.61 Å². The first-order chi connectivity index (χ1) is 19.0. The Balaban J connectivity index is 1.27. The third-order valence-electron chi connectivity index (χ3n) is 7.57. The highest BCUT2D eigenvalue weighted by molar-refractivity contribution is 7.94. The number of fused-ring (bicyclic) bond motifs is 1. The molecule has 1 aromatic heterocycles. The average molecular weight is 568 g/mol. The minimum Gasteiger partial charge on any atom is -0.489 e. The van der Waals surface area contributed by atoms with Gasteiger partial charge in [-0.1, -0.05) is 12.1 Å². The number of hydrogen-bond donors (Lipinski definition) is 1. The molecule has 1 N–H and O–H groups in total. The van der Waals surface area contributed by atoms with Gasteiger partial charge < -0.3 is 10.1 Å². The molecule has 5 rings (SSSR count). The zero-order chi connectivity index (χ0) is 28.5. The van der Waals surface area contributed by atoms with Gasteiger partial charge in [0.25, 0.3) is 0 Å². The number of aromatic nitrogens is 2. The van der Waals surface area contributed by atoms with Gasteiger partial charge in [0.2, 0.25) is 16.0 Å². The van der Waals surface area contributed by atoms with Crippen LogP contribution in [0, 0.1) is 12.7 Å². The van der Waals surface area contributed by atoms with Crippen LogP contribution in [0.5, 0.6) is 5.75 Å². The summed E-state index contributed by atoms with van der Waals surface area (Å²) in [6.07, 6.45) is 5.37. The Morgan fingerprint density at radius 2 is 1.85 bits per heavy atom. The smallest absolute Gasteiger partial charge is 0.240 e. The van der Waals surface area contributed by atoms with Crippen molar-refractivity contribution >= 4 is 27.3 Å². The maximum Gasteiger partial charge on any atom is 0.240 e. The largest absolute Gasteiger partial charge is 0.489 e. The van der Waals surface area contributed by atoms with Crippen molar-refractivity contribution < 1.29 is 17.5 Å². The summed E-state index contributed by atoms with van der Waals surface area (Å²) in [5.41, 5.74) is 4.99. The lowest BCUT2D eigenvalue weighted by atomic mass is 10.0. The van der Waals surface area contributed by atoms with Gasteiger partial charge >= 0.3 is 0 Å². The number of halogens is 1. The Bertz CT molecular complexity index is 1480. The third kappa shape index (κ3) is 6.07. The molecule has 1 saturated heterocycles. The van der Waals surface area contributed by atoms with Crippen LogP contribution in [0.3, 0.4) is 0 Å². The summed E-state index contributed by atoms with van der Waals surface area (Å²) in [5, 5.41) is 3.10. The van der Waals surface area contributed by atoms with E-state index in [2.05, 4.69) is 15.2 Å². The average Bonchev–Trinajstić information content (AvgIpc) is 3.57. The van der Waals surface area contributed by atoms with Crippen molar-refractivity contribution in [1.82, 2.24) is 14.9 Å². The summed E-state index contributed by atoms with van der Waals surface area (Å²) in [6.45, 7) is 11.0. The zero-order valence-corrected chi connectivity index (χ0v) is 24.5. The fourth-order valence-electron chi connectivity index (χ4n) is 5.11. The van der Waals surface area contributed by atoms with E-state index in [1.54, 1.807) is 43.4 Å². The van der Waals surface area contributed by atoms with Crippen molar-refractivity contribution in [3.8, 4) is 5.75 Å². The number of benzene rings is 2. The van der Waals surface area contributed by atoms with Crippen LogP contribution in [0.15, 0.2) is 42.6 Å². The molecule has 10 heteroatoms. The van der Waals surface area contributed by atoms with E-state index in [1.165, 1.54) is 18.9 Å². The van der Waals surface area contributed by atoms with Gasteiger partial charge in [0.15, 0.2) is 11.6 Å². The van der Waals surface area contributed by atoms with Gasteiger partial charge in [-0.05, 0) is 94.9 Å². The van der Waals surface area contributed by atoms with E-state index < -0.39 is 20.6 Å². The molecular weight excluding hydrogens is 529 g/mol. The summed E-state index contributed by atoms with van der Waals surface area (Å²) in [7, 11) is -3.49. The lowest BCUT2D eigenvalue weighted by molar-refractivity contribution is 0.231. The van der Waals surface area contributed by atoms with Crippen molar-refractivity contribution in [3.05, 3.63) is 70.8 Å². The van der Waals surface area contributed by atoms with Crippen LogP contribution >= 0.6 is 0 Å². The second-order valence-corrected chi connectivity index (χ2v) is 14.2. The molecule has 2 aromatic carbocycles. The molecular formula is C30H38FN5O3S. The zero-order valence-electron chi connectivity index (χ0n) is 23.7. The molecule has 1 fully saturated rings. The van der Waals surface area contributed by atoms with Gasteiger partial charge in [-0.3, -0.25) is 9.21 Å². The van der Waals surface area contributed by atoms with E-state index >= 15 is 0 Å². The molecule has 0 radical (unpaired) electrons. The fourth-order valence-corrected chi connectivity index (χ4v) is 6.53. The van der Waals surface area contributed by atoms with E-state index in [0.717, 1.165) is 47.7 Å². The standard InChI is InChI=1S/C30H38FN5O3S/c1-21-20-32-29(33-24-9-10-28(25(31)19-24)39-16-15-35-12-5-6-13-35)34-26(21)17-22-7-8-23-11-14-36(27(23)18-22)40(37,38)30(2,3)4/h7-10,18-20H,5-6,11-17H2,1-4H3,(H,32,33,34). The molecule has 0 saturated carbocycles. The first kappa shape index (κ1) is 28.3. The molecule has 8 nitrogen and oxygen atoms in total. The fraction of sp³-hybridized carbons (Fsp3) is 0.467. The Morgan fingerprint density at radius 3 is 2.58 bits per heavy atom. The number of sulfonamides is 1. The van der Waals surface area contributed by atoms with E-state index in [1.807, 2.05) is 25.1 Å². The minimum absolute atomic E-state index is 0.231. The highest BCUT2D eigenvalue weighted by Gasteiger charge is 2.38. The van der Waals surface area contributed by atoms with Gasteiger partial charge in [0.05, 0.1) is 16.1 Å². The maximum atomic E-state index is 14.7. The van der Waals surface area contributed by atoms with Crippen LogP contribution < -0.4 is 14.4 Å². The number of rotatable bonds is 9. The number of ether oxygens (including phenoxy) is 1. The van der Waals surface area contributed by atoms with Crippen LogP contribution in [0.4, 0.5) is 21.7 Å². The first-order valence-corrected chi connectivity index (χ1v) is 15.3. The molecule has 2 aliphatic rings. The topological polar surface area (TPSA) is 87.7 Å². The quantitative estimate of drug-likeness (QED) is 0.379. The minimum atomic E-state index is -3.49. The molecule has 0 aliphatic carbocycles. The highest BCUT2D eigenvalue weighted by atomic mass is 32.2. The molecule has 0 amide bonds. The van der Waals surface area contributed by atoms with E-state index in [-0.39, 0.29) is 5.75 Å². The SMILES string of the molecule is Cc1cnc(Nc2ccc(OCCN3CCCC3)c(F)c2)nc1Cc1ccc2c(c1)N(S(=O)(=O)C(C)(C)C)CC2. The number of likely N-dealkylation sites (tertiary alicyclic amines) is 1. The maximum absolute atomic E-state index is 14.7. The molecule has 2 aliphatic heterocycles. The summed E-state index contributed by atoms with van der Waals surface area (Å²) in [4.78, 5) is 11.4. The Kier molecular flexibility index (Phi) is 8.01. The van der Waals surface area contributed by atoms with Crippen molar-refractivity contribution in [2.75, 3.05) is 42.4 Å². The van der Waals surface area contributed by atoms with Gasteiger partial charge in [0, 0.05) is 37.5 Å². The van der Waals surface area contributed by atoms with Gasteiger partial charge in [-0.25, -0.2) is 22.8 Å². The third-order valence-corrected chi connectivity index (χ3v) is 10.1. The van der Waals surface area contributed by atoms with Crippen LogP contribution in [0.25, 0.3) is 0 Å². The van der Waals surface area contributed by atoms with E-state index in [4.69, 9.17) is 9.72 Å². The predicted octanol–water partition coefficient (Wildman–Crippen LogP) is 5.22. The molecule has 0 unspecified atom stereocenters. The summed E-state index contributed by atoms with van der Waals surface area (Å²) < 4.78 is 47.4. The molecule has 40 heavy (non-hydrogen) atoms. The number of hydrogen-bond acceptors (Lipinski definition) is 7. The van der Waals surface area contributed by atoms with Crippen molar-refractivity contribution in [2.24, 2.45) is 0 Å². The Labute approximate surface area is 236 Å². The van der Waals surface area contributed by atoms with Crippen molar-refractivity contribution in [2.45, 2.75) is 58.1 Å². The van der Waals surface area contributed by atoms with Crippen molar-refractivity contribution in [3.63, 3.8) is 0 Å². The van der Waals surface area contributed by atoms with Crippen LogP contribution in [-0.4, -0.2) is 60.8 Å². The van der Waals surface area contributed by atoms with Gasteiger partial charge in [-0.2, -0.15) is 0 Å². The first-order valence-electron chi connectivity index (χ1n) is 13.9. The molecule has 0 bridgehead atoms. The number of anilines is 3. The lowest BCUT2D eigenvalue weighted by Crippen LogP contribution is -2.42. The highest BCUT2D eigenvalue weighted by Crippen LogP contribution is 2.35. The Morgan fingerprint density at radius 1 is 1.07 bits per heavy atom. The van der Waals surface area contributed by atoms with Gasteiger partial charge in [-0.15, -0.1) is 0 Å². The number of aryl methyl sites for hydroxylation is 1. The van der Waals surface area contributed by atoms with Crippen LogP contribution in [-0.2, 0) is 22.9 Å². The van der Waals surface area contributed by atoms with Crippen molar-refractivity contribution in [1.29, 1.82) is 0 Å². The second-order valence-electron chi connectivity index (χ2n) is 11.6. The molecule has 3 aromatic rings. The van der Waals surface area contributed by atoms with Crippen LogP contribution in [0.1, 0.15) is 56.0 Å². The molecule has 0 atom stereocenters. The normalized spacial score (nSPS) is 15.9. The predicted molar refractivity (Wildman–Crippen MR) is 157 cm³/mol. The second kappa shape index (κ2) is 11.3. The number of nitrogens with zero attached hydrogens (tertiary/aromatic N) is 4. The summed E-state index contributed by atoms with van der Waals surface area (Å²) >= 11 is 0. The lowest BCUT2D eigenvalue weighted by Gasteiger charge is -2.28. The van der Waals surface area contributed by atoms with E-state index in [9.17, 15) is 12.8 Å². The molecule has 0 spiro atoms. The molecule has 214 valence electrons. The summed E-state index contributed by atoms with van der Waals surface area (Å²) in [6, 6.07) is 10.8. The van der Waals surface area contributed by atoms with Crippen LogP contribution in [0.2, 0.25) is 0 Å². The Hall–Kier alpha value is -3.24. The monoisotopic (exact) mass is 567 g/mol. The number of nitrogens with one attached hydrogen (secondary N) is 1.